The van der Waals surface area contributed by atoms with E-state index in [2.05, 4.69) is 0 Å². The molecule has 1 atom stereocenters. The molecular weight excluding hydrogens is 304 g/mol. The van der Waals surface area contributed by atoms with E-state index in [0.717, 1.165) is 6.08 Å². The third-order valence-electron chi connectivity index (χ3n) is 3.35. The number of allylic oxidation sites excluding steroid dienone is 3. The standard InChI is InChI=1S/C15H16N2O6/c1-3-22-15(19)10(2)16-6-7-23-14(9-16)12-8-11(18)4-5-13(12)17(20)21/h4-7,9-10H,3,8H2,1-2H3. The number of carbonyl (C=O) groups excluding carboxylic acids is 2. The Morgan fingerprint density at radius 1 is 1.52 bits per heavy atom. The average molecular weight is 320 g/mol. The normalized spacial score (nSPS) is 18.4. The van der Waals surface area contributed by atoms with E-state index in [1.54, 1.807) is 13.8 Å². The average Bonchev–Trinajstić information content (AvgIpc) is 2.54. The molecule has 0 saturated carbocycles. The molecule has 2 rings (SSSR count). The second-order valence-corrected chi connectivity index (χ2v) is 4.87. The molecule has 0 spiro atoms. The van der Waals surface area contributed by atoms with E-state index >= 15 is 0 Å². The number of nitro groups is 1. The van der Waals surface area contributed by atoms with Crippen molar-refractivity contribution in [1.29, 1.82) is 0 Å². The summed E-state index contributed by atoms with van der Waals surface area (Å²) < 4.78 is 10.2. The van der Waals surface area contributed by atoms with Crippen molar-refractivity contribution in [2.75, 3.05) is 6.61 Å². The quantitative estimate of drug-likeness (QED) is 0.431. The first-order chi connectivity index (χ1) is 10.9. The lowest BCUT2D eigenvalue weighted by Crippen LogP contribution is -2.34. The predicted molar refractivity (Wildman–Crippen MR) is 79.0 cm³/mol. The molecule has 0 bridgehead atoms. The Balaban J connectivity index is 2.31. The van der Waals surface area contributed by atoms with Gasteiger partial charge >= 0.3 is 5.97 Å². The van der Waals surface area contributed by atoms with Gasteiger partial charge in [0.15, 0.2) is 11.5 Å². The molecule has 0 aromatic carbocycles. The zero-order valence-corrected chi connectivity index (χ0v) is 12.7. The molecule has 0 N–H and O–H groups in total. The minimum atomic E-state index is -0.625. The minimum Gasteiger partial charge on any atom is -0.464 e. The largest absolute Gasteiger partial charge is 0.464 e. The highest BCUT2D eigenvalue weighted by Crippen LogP contribution is 2.28. The van der Waals surface area contributed by atoms with E-state index in [4.69, 9.17) is 9.47 Å². The van der Waals surface area contributed by atoms with Gasteiger partial charge in [-0.15, -0.1) is 0 Å². The Hall–Kier alpha value is -2.90. The molecule has 1 unspecified atom stereocenters. The monoisotopic (exact) mass is 320 g/mol. The fourth-order valence-electron chi connectivity index (χ4n) is 2.14. The van der Waals surface area contributed by atoms with Crippen molar-refractivity contribution >= 4 is 11.8 Å². The zero-order chi connectivity index (χ0) is 17.0. The van der Waals surface area contributed by atoms with E-state index in [-0.39, 0.29) is 35.8 Å². The first kappa shape index (κ1) is 16.5. The summed E-state index contributed by atoms with van der Waals surface area (Å²) in [7, 11) is 0. The van der Waals surface area contributed by atoms with Crippen LogP contribution in [0.4, 0.5) is 0 Å². The Morgan fingerprint density at radius 2 is 2.26 bits per heavy atom. The molecule has 1 aliphatic carbocycles. The summed E-state index contributed by atoms with van der Waals surface area (Å²) in [6.45, 7) is 3.59. The maximum absolute atomic E-state index is 11.8. The Kier molecular flexibility index (Phi) is 4.95. The Morgan fingerprint density at radius 3 is 2.91 bits per heavy atom. The van der Waals surface area contributed by atoms with Gasteiger partial charge in [0.25, 0.3) is 5.70 Å². The van der Waals surface area contributed by atoms with E-state index in [0.29, 0.717) is 0 Å². The van der Waals surface area contributed by atoms with Gasteiger partial charge in [-0.25, -0.2) is 4.79 Å². The molecule has 0 aromatic heterocycles. The number of nitrogens with zero attached hydrogens (tertiary/aromatic N) is 2. The van der Waals surface area contributed by atoms with Crippen molar-refractivity contribution in [3.05, 3.63) is 58.0 Å². The van der Waals surface area contributed by atoms with Crippen LogP contribution in [0.3, 0.4) is 0 Å². The van der Waals surface area contributed by atoms with Crippen molar-refractivity contribution in [3.8, 4) is 0 Å². The summed E-state index contributed by atoms with van der Waals surface area (Å²) in [5.41, 5.74) is -0.0252. The van der Waals surface area contributed by atoms with E-state index < -0.39 is 16.9 Å². The molecule has 0 radical (unpaired) electrons. The lowest BCUT2D eigenvalue weighted by molar-refractivity contribution is -0.420. The molecule has 0 fully saturated rings. The first-order valence-corrected chi connectivity index (χ1v) is 7.02. The number of rotatable bonds is 5. The highest BCUT2D eigenvalue weighted by molar-refractivity contribution is 5.94. The fraction of sp³-hybridized carbons (Fsp3) is 0.333. The molecule has 0 amide bonds. The van der Waals surface area contributed by atoms with Gasteiger partial charge in [-0.05, 0) is 19.9 Å². The van der Waals surface area contributed by atoms with Gasteiger partial charge in [0.1, 0.15) is 12.3 Å². The second-order valence-electron chi connectivity index (χ2n) is 4.87. The number of hydrogen-bond acceptors (Lipinski definition) is 7. The first-order valence-electron chi connectivity index (χ1n) is 7.02. The van der Waals surface area contributed by atoms with Gasteiger partial charge in [0, 0.05) is 24.9 Å². The van der Waals surface area contributed by atoms with Gasteiger partial charge < -0.3 is 14.4 Å². The zero-order valence-electron chi connectivity index (χ0n) is 12.7. The molecule has 0 aromatic rings. The SMILES string of the molecule is CCOC(=O)C(C)N1C=COC(C2=C([N+](=O)[O-])C=CC(=O)C2)=C1. The van der Waals surface area contributed by atoms with Crippen LogP contribution in [0.2, 0.25) is 0 Å². The summed E-state index contributed by atoms with van der Waals surface area (Å²) in [6.07, 6.45) is 6.46. The van der Waals surface area contributed by atoms with Gasteiger partial charge in [0.05, 0.1) is 17.1 Å². The number of carbonyl (C=O) groups is 2. The highest BCUT2D eigenvalue weighted by atomic mass is 16.6. The van der Waals surface area contributed by atoms with Crippen molar-refractivity contribution in [2.45, 2.75) is 26.3 Å². The topological polar surface area (TPSA) is 99.0 Å². The van der Waals surface area contributed by atoms with Crippen LogP contribution in [0.5, 0.6) is 0 Å². The number of ketones is 1. The van der Waals surface area contributed by atoms with Crippen LogP contribution in [-0.2, 0) is 19.1 Å². The van der Waals surface area contributed by atoms with E-state index in [9.17, 15) is 19.7 Å². The van der Waals surface area contributed by atoms with Crippen LogP contribution in [0.15, 0.2) is 47.8 Å². The third-order valence-corrected chi connectivity index (χ3v) is 3.35. The van der Waals surface area contributed by atoms with Gasteiger partial charge in [-0.3, -0.25) is 14.9 Å². The summed E-state index contributed by atoms with van der Waals surface area (Å²) in [6, 6.07) is -0.625. The van der Waals surface area contributed by atoms with Crippen LogP contribution in [0.25, 0.3) is 0 Å². The smallest absolute Gasteiger partial charge is 0.328 e. The molecule has 1 heterocycles. The van der Waals surface area contributed by atoms with Crippen LogP contribution in [0, 0.1) is 10.1 Å². The molecular formula is C15H16N2O6. The van der Waals surface area contributed by atoms with Gasteiger partial charge in [-0.2, -0.15) is 0 Å². The summed E-state index contributed by atoms with van der Waals surface area (Å²) in [4.78, 5) is 35.4. The van der Waals surface area contributed by atoms with Crippen LogP contribution < -0.4 is 0 Å². The lowest BCUT2D eigenvalue weighted by Gasteiger charge is -2.26. The molecule has 122 valence electrons. The number of esters is 1. The Bertz CT molecular complexity index is 659. The Labute approximate surface area is 132 Å². The number of ether oxygens (including phenoxy) is 2. The van der Waals surface area contributed by atoms with Crippen molar-refractivity contribution < 1.29 is 24.0 Å². The predicted octanol–water partition coefficient (Wildman–Crippen LogP) is 1.64. The summed E-state index contributed by atoms with van der Waals surface area (Å²) >= 11 is 0. The molecule has 23 heavy (non-hydrogen) atoms. The maximum atomic E-state index is 11.8. The molecule has 0 saturated heterocycles. The van der Waals surface area contributed by atoms with E-state index in [1.807, 2.05) is 0 Å². The molecule has 1 aliphatic heterocycles. The summed E-state index contributed by atoms with van der Waals surface area (Å²) in [5.74, 6) is -0.527. The molecule has 2 aliphatic rings. The van der Waals surface area contributed by atoms with Gasteiger partial charge in [0.2, 0.25) is 0 Å². The number of hydrogen-bond donors (Lipinski definition) is 0. The van der Waals surface area contributed by atoms with Crippen molar-refractivity contribution in [1.82, 2.24) is 4.90 Å². The minimum absolute atomic E-state index is 0.131. The van der Waals surface area contributed by atoms with Crippen LogP contribution in [-0.4, -0.2) is 34.2 Å². The lowest BCUT2D eigenvalue weighted by atomic mass is 9.99. The maximum Gasteiger partial charge on any atom is 0.328 e. The molecule has 8 nitrogen and oxygen atoms in total. The molecule has 8 heteroatoms. The van der Waals surface area contributed by atoms with Crippen molar-refractivity contribution in [2.24, 2.45) is 0 Å². The van der Waals surface area contributed by atoms with Gasteiger partial charge in [-0.1, -0.05) is 0 Å². The fourth-order valence-corrected chi connectivity index (χ4v) is 2.14. The second kappa shape index (κ2) is 6.91. The third kappa shape index (κ3) is 3.65. The summed E-state index contributed by atoms with van der Waals surface area (Å²) in [5, 5.41) is 11.1. The van der Waals surface area contributed by atoms with E-state index in [1.165, 1.54) is 29.6 Å². The van der Waals surface area contributed by atoms with Crippen molar-refractivity contribution in [3.63, 3.8) is 0 Å². The highest BCUT2D eigenvalue weighted by Gasteiger charge is 2.29. The van der Waals surface area contributed by atoms with Crippen LogP contribution in [0.1, 0.15) is 20.3 Å². The van der Waals surface area contributed by atoms with Crippen LogP contribution >= 0.6 is 0 Å².